The summed E-state index contributed by atoms with van der Waals surface area (Å²) >= 11 is 0. The molecular weight excluding hydrogens is 300 g/mol. The molecule has 0 fully saturated rings. The van der Waals surface area contributed by atoms with Crippen LogP contribution in [0.2, 0.25) is 0 Å². The fraction of sp³-hybridized carbons (Fsp3) is 0.300. The zero-order chi connectivity index (χ0) is 16.8. The molecular formula is C20H22N2O2. The molecule has 0 aromatic heterocycles. The summed E-state index contributed by atoms with van der Waals surface area (Å²) in [5, 5.41) is 6.94. The zero-order valence-corrected chi connectivity index (χ0v) is 13.9. The molecule has 1 amide bonds. The van der Waals surface area contributed by atoms with Gasteiger partial charge in [-0.3, -0.25) is 4.79 Å². The first-order valence-corrected chi connectivity index (χ1v) is 8.32. The number of benzene rings is 2. The van der Waals surface area contributed by atoms with Crippen molar-refractivity contribution in [2.24, 2.45) is 5.16 Å². The van der Waals surface area contributed by atoms with Crippen LogP contribution < -0.4 is 5.32 Å². The van der Waals surface area contributed by atoms with E-state index in [-0.39, 0.29) is 18.6 Å². The van der Waals surface area contributed by atoms with Crippen LogP contribution in [0.5, 0.6) is 0 Å². The largest absolute Gasteiger partial charge is 0.386 e. The van der Waals surface area contributed by atoms with Crippen molar-refractivity contribution in [1.29, 1.82) is 0 Å². The van der Waals surface area contributed by atoms with Crippen molar-refractivity contribution >= 4 is 12.1 Å². The Morgan fingerprint density at radius 1 is 1.25 bits per heavy atom. The summed E-state index contributed by atoms with van der Waals surface area (Å²) in [5.41, 5.74) is 4.65. The summed E-state index contributed by atoms with van der Waals surface area (Å²) in [4.78, 5) is 17.2. The van der Waals surface area contributed by atoms with Gasteiger partial charge in [-0.2, -0.15) is 0 Å². The van der Waals surface area contributed by atoms with E-state index in [0.29, 0.717) is 0 Å². The number of amides is 1. The van der Waals surface area contributed by atoms with Gasteiger partial charge in [0.1, 0.15) is 0 Å². The Labute approximate surface area is 142 Å². The van der Waals surface area contributed by atoms with Crippen molar-refractivity contribution in [3.8, 4) is 0 Å². The molecule has 0 saturated heterocycles. The Kier molecular flexibility index (Phi) is 5.26. The predicted molar refractivity (Wildman–Crippen MR) is 95.0 cm³/mol. The number of hydrogen-bond donors (Lipinski definition) is 1. The molecule has 0 radical (unpaired) electrons. The summed E-state index contributed by atoms with van der Waals surface area (Å²) in [6.45, 7) is 1.94. The molecule has 0 aliphatic heterocycles. The number of aryl methyl sites for hydroxylation is 2. The lowest BCUT2D eigenvalue weighted by atomic mass is 9.88. The molecule has 1 aliphatic carbocycles. The van der Waals surface area contributed by atoms with Crippen LogP contribution in [0.4, 0.5) is 0 Å². The summed E-state index contributed by atoms with van der Waals surface area (Å²) in [6.07, 6.45) is 4.78. The van der Waals surface area contributed by atoms with Crippen LogP contribution in [0.3, 0.4) is 0 Å². The van der Waals surface area contributed by atoms with Gasteiger partial charge in [0.2, 0.25) is 0 Å². The van der Waals surface area contributed by atoms with Gasteiger partial charge in [0.15, 0.2) is 6.61 Å². The quantitative estimate of drug-likeness (QED) is 0.676. The second-order valence-electron chi connectivity index (χ2n) is 6.08. The highest BCUT2D eigenvalue weighted by atomic mass is 16.6. The smallest absolute Gasteiger partial charge is 0.261 e. The Hall–Kier alpha value is -2.62. The number of fused-ring (bicyclic) bond motifs is 1. The molecule has 0 saturated carbocycles. The lowest BCUT2D eigenvalue weighted by Crippen LogP contribution is -2.33. The third kappa shape index (κ3) is 4.02. The summed E-state index contributed by atoms with van der Waals surface area (Å²) in [6, 6.07) is 16.3. The van der Waals surface area contributed by atoms with Crippen molar-refractivity contribution in [2.75, 3.05) is 6.61 Å². The number of nitrogens with one attached hydrogen (secondary N) is 1. The van der Waals surface area contributed by atoms with E-state index in [1.165, 1.54) is 11.1 Å². The minimum Gasteiger partial charge on any atom is -0.386 e. The van der Waals surface area contributed by atoms with Gasteiger partial charge >= 0.3 is 0 Å². The van der Waals surface area contributed by atoms with E-state index in [1.54, 1.807) is 6.21 Å². The first-order chi connectivity index (χ1) is 11.7. The fourth-order valence-corrected chi connectivity index (χ4v) is 3.06. The van der Waals surface area contributed by atoms with Gasteiger partial charge in [-0.1, -0.05) is 53.7 Å². The standard InChI is InChI=1S/C20H22N2O2/c1-15-7-2-3-9-17(15)13-21-24-14-20(23)22-19-12-6-10-16-8-4-5-11-18(16)19/h2-5,7-9,11,13,19H,6,10,12,14H2,1H3,(H,22,23)/b21-13-/t19-/m0/s1. The van der Waals surface area contributed by atoms with E-state index in [1.807, 2.05) is 43.3 Å². The number of oxime groups is 1. The van der Waals surface area contributed by atoms with Crippen molar-refractivity contribution in [2.45, 2.75) is 32.2 Å². The molecule has 4 heteroatoms. The normalized spacial score (nSPS) is 16.6. The Morgan fingerprint density at radius 2 is 2.04 bits per heavy atom. The van der Waals surface area contributed by atoms with Crippen LogP contribution in [0.15, 0.2) is 53.7 Å². The summed E-state index contributed by atoms with van der Waals surface area (Å²) < 4.78 is 0. The molecule has 0 heterocycles. The van der Waals surface area contributed by atoms with Crippen LogP contribution in [0, 0.1) is 6.92 Å². The Morgan fingerprint density at radius 3 is 2.92 bits per heavy atom. The van der Waals surface area contributed by atoms with Crippen LogP contribution in [0.1, 0.15) is 41.1 Å². The number of carbonyl (C=O) groups is 1. The van der Waals surface area contributed by atoms with Gasteiger partial charge < -0.3 is 10.2 Å². The molecule has 2 aromatic carbocycles. The van der Waals surface area contributed by atoms with Gasteiger partial charge in [0, 0.05) is 0 Å². The molecule has 1 N–H and O–H groups in total. The van der Waals surface area contributed by atoms with Gasteiger partial charge in [-0.25, -0.2) is 0 Å². The minimum absolute atomic E-state index is 0.0684. The fourth-order valence-electron chi connectivity index (χ4n) is 3.06. The maximum atomic E-state index is 12.1. The summed E-state index contributed by atoms with van der Waals surface area (Å²) in [5.74, 6) is -0.140. The topological polar surface area (TPSA) is 50.7 Å². The number of nitrogens with zero attached hydrogens (tertiary/aromatic N) is 1. The van der Waals surface area contributed by atoms with E-state index in [9.17, 15) is 4.79 Å². The maximum absolute atomic E-state index is 12.1. The van der Waals surface area contributed by atoms with Crippen LogP contribution in [0.25, 0.3) is 0 Å². The number of carbonyl (C=O) groups excluding carboxylic acids is 1. The molecule has 0 unspecified atom stereocenters. The maximum Gasteiger partial charge on any atom is 0.261 e. The second-order valence-corrected chi connectivity index (χ2v) is 6.08. The summed E-state index contributed by atoms with van der Waals surface area (Å²) in [7, 11) is 0. The molecule has 1 atom stereocenters. The average molecular weight is 322 g/mol. The van der Waals surface area contributed by atoms with Gasteiger partial charge in [0.25, 0.3) is 5.91 Å². The molecule has 4 nitrogen and oxygen atoms in total. The van der Waals surface area contributed by atoms with E-state index < -0.39 is 0 Å². The van der Waals surface area contributed by atoms with Gasteiger partial charge in [0.05, 0.1) is 12.3 Å². The molecule has 0 spiro atoms. The van der Waals surface area contributed by atoms with Crippen molar-refractivity contribution in [3.63, 3.8) is 0 Å². The third-order valence-corrected chi connectivity index (χ3v) is 4.36. The second kappa shape index (κ2) is 7.77. The SMILES string of the molecule is Cc1ccccc1/C=N\OCC(=O)N[C@H]1CCCc2ccccc21. The van der Waals surface area contributed by atoms with Crippen molar-refractivity contribution < 1.29 is 9.63 Å². The Bertz CT molecular complexity index is 740. The molecule has 2 aromatic rings. The number of rotatable bonds is 5. The highest BCUT2D eigenvalue weighted by molar-refractivity contribution is 5.81. The number of hydrogen-bond acceptors (Lipinski definition) is 3. The molecule has 124 valence electrons. The first-order valence-electron chi connectivity index (χ1n) is 8.32. The van der Waals surface area contributed by atoms with E-state index in [0.717, 1.165) is 30.4 Å². The highest BCUT2D eigenvalue weighted by Gasteiger charge is 2.21. The van der Waals surface area contributed by atoms with E-state index in [2.05, 4.69) is 22.6 Å². The van der Waals surface area contributed by atoms with Gasteiger partial charge in [-0.05, 0) is 48.4 Å². The Balaban J connectivity index is 1.51. The van der Waals surface area contributed by atoms with Gasteiger partial charge in [-0.15, -0.1) is 0 Å². The minimum atomic E-state index is -0.140. The molecule has 3 rings (SSSR count). The van der Waals surface area contributed by atoms with E-state index in [4.69, 9.17) is 4.84 Å². The first kappa shape index (κ1) is 16.2. The molecule has 0 bridgehead atoms. The highest BCUT2D eigenvalue weighted by Crippen LogP contribution is 2.29. The van der Waals surface area contributed by atoms with Crippen LogP contribution in [-0.4, -0.2) is 18.7 Å². The lowest BCUT2D eigenvalue weighted by Gasteiger charge is -2.26. The lowest BCUT2D eigenvalue weighted by molar-refractivity contribution is -0.126. The average Bonchev–Trinajstić information content (AvgIpc) is 2.60. The monoisotopic (exact) mass is 322 g/mol. The van der Waals surface area contributed by atoms with Crippen LogP contribution >= 0.6 is 0 Å². The van der Waals surface area contributed by atoms with Crippen LogP contribution in [-0.2, 0) is 16.1 Å². The molecule has 1 aliphatic rings. The van der Waals surface area contributed by atoms with E-state index >= 15 is 0 Å². The third-order valence-electron chi connectivity index (χ3n) is 4.36. The predicted octanol–water partition coefficient (Wildman–Crippen LogP) is 3.54. The molecule has 24 heavy (non-hydrogen) atoms. The van der Waals surface area contributed by atoms with Crippen molar-refractivity contribution in [1.82, 2.24) is 5.32 Å². The zero-order valence-electron chi connectivity index (χ0n) is 13.9. The van der Waals surface area contributed by atoms with Crippen molar-refractivity contribution in [3.05, 3.63) is 70.8 Å².